The number of nitrogens with two attached hydrogens (primary N) is 1. The summed E-state index contributed by atoms with van der Waals surface area (Å²) in [6, 6.07) is 10.2. The quantitative estimate of drug-likeness (QED) is 0.696. The molecule has 2 N–H and O–H groups in total. The van der Waals surface area contributed by atoms with Gasteiger partial charge in [-0.15, -0.1) is 6.58 Å². The lowest BCUT2D eigenvalue weighted by Gasteiger charge is -2.00. The van der Waals surface area contributed by atoms with E-state index in [0.717, 1.165) is 6.42 Å². The van der Waals surface area contributed by atoms with E-state index in [-0.39, 0.29) is 6.04 Å². The largest absolute Gasteiger partial charge is 0.324 e. The van der Waals surface area contributed by atoms with Crippen LogP contribution < -0.4 is 5.73 Å². The van der Waals surface area contributed by atoms with E-state index >= 15 is 0 Å². The van der Waals surface area contributed by atoms with Crippen LogP contribution >= 0.6 is 0 Å². The molecule has 0 aliphatic rings. The summed E-state index contributed by atoms with van der Waals surface area (Å²) in [4.78, 5) is 0. The summed E-state index contributed by atoms with van der Waals surface area (Å²) in [7, 11) is 0. The lowest BCUT2D eigenvalue weighted by Crippen LogP contribution is -2.14. The molecule has 1 aromatic rings. The van der Waals surface area contributed by atoms with Gasteiger partial charge in [0.15, 0.2) is 0 Å². The first-order valence-corrected chi connectivity index (χ1v) is 4.42. The fraction of sp³-hybridized carbons (Fsp3) is 0.167. The van der Waals surface area contributed by atoms with Crippen LogP contribution in [-0.2, 0) is 0 Å². The number of hydrogen-bond donors (Lipinski definition) is 1. The van der Waals surface area contributed by atoms with Gasteiger partial charge >= 0.3 is 0 Å². The third-order valence-electron chi connectivity index (χ3n) is 1.77. The van der Waals surface area contributed by atoms with Crippen LogP contribution in [0.25, 0.3) is 6.08 Å². The van der Waals surface area contributed by atoms with Gasteiger partial charge in [-0.3, -0.25) is 0 Å². The fourth-order valence-electron chi connectivity index (χ4n) is 1.07. The molecule has 68 valence electrons. The van der Waals surface area contributed by atoms with Crippen LogP contribution in [0.5, 0.6) is 0 Å². The summed E-state index contributed by atoms with van der Waals surface area (Å²) in [5, 5.41) is 0. The maximum Gasteiger partial charge on any atom is 0.0261 e. The second-order valence-corrected chi connectivity index (χ2v) is 2.96. The normalized spacial score (nSPS) is 13.0. The standard InChI is InChI=1S/C12H15N/c1-2-6-12(13)10-9-11-7-4-3-5-8-11/h2-5,7-10,12H,1,6,13H2/b10-9+/t12-/m1/s1. The predicted molar refractivity (Wildman–Crippen MR) is 58.3 cm³/mol. The smallest absolute Gasteiger partial charge is 0.0261 e. The highest BCUT2D eigenvalue weighted by Gasteiger charge is 1.91. The van der Waals surface area contributed by atoms with Crippen molar-refractivity contribution in [2.24, 2.45) is 5.73 Å². The van der Waals surface area contributed by atoms with Gasteiger partial charge < -0.3 is 5.73 Å². The lowest BCUT2D eigenvalue weighted by molar-refractivity contribution is 0.839. The Kier molecular flexibility index (Phi) is 4.00. The Hall–Kier alpha value is -1.34. The van der Waals surface area contributed by atoms with Crippen molar-refractivity contribution in [2.75, 3.05) is 0 Å². The first-order chi connectivity index (χ1) is 6.33. The van der Waals surface area contributed by atoms with Crippen LogP contribution in [0.3, 0.4) is 0 Å². The van der Waals surface area contributed by atoms with Crippen molar-refractivity contribution in [1.29, 1.82) is 0 Å². The molecule has 0 saturated heterocycles. The first kappa shape index (κ1) is 9.75. The van der Waals surface area contributed by atoms with Crippen molar-refractivity contribution in [3.63, 3.8) is 0 Å². The molecule has 0 heterocycles. The molecule has 1 nitrogen and oxygen atoms in total. The van der Waals surface area contributed by atoms with E-state index < -0.39 is 0 Å². The highest BCUT2D eigenvalue weighted by Crippen LogP contribution is 2.02. The molecule has 0 aliphatic heterocycles. The molecule has 0 unspecified atom stereocenters. The van der Waals surface area contributed by atoms with Crippen molar-refractivity contribution in [3.05, 3.63) is 54.6 Å². The number of benzene rings is 1. The van der Waals surface area contributed by atoms with Gasteiger partial charge in [0.05, 0.1) is 0 Å². The van der Waals surface area contributed by atoms with E-state index in [0.29, 0.717) is 0 Å². The summed E-state index contributed by atoms with van der Waals surface area (Å²) in [6.07, 6.45) is 6.69. The SMILES string of the molecule is C=CC[C@@H](N)/C=C/c1ccccc1. The molecule has 0 spiro atoms. The molecular formula is C12H15N. The highest BCUT2D eigenvalue weighted by molar-refractivity contribution is 5.49. The Morgan fingerprint density at radius 1 is 1.31 bits per heavy atom. The topological polar surface area (TPSA) is 26.0 Å². The van der Waals surface area contributed by atoms with Crippen LogP contribution in [-0.4, -0.2) is 6.04 Å². The summed E-state index contributed by atoms with van der Waals surface area (Å²) in [5.41, 5.74) is 6.96. The van der Waals surface area contributed by atoms with Gasteiger partial charge in [-0.2, -0.15) is 0 Å². The third kappa shape index (κ3) is 3.72. The zero-order valence-electron chi connectivity index (χ0n) is 7.69. The Bertz CT molecular complexity index is 274. The minimum atomic E-state index is 0.0812. The van der Waals surface area contributed by atoms with E-state index in [4.69, 9.17) is 5.73 Å². The second kappa shape index (κ2) is 5.33. The first-order valence-electron chi connectivity index (χ1n) is 4.42. The molecule has 0 radical (unpaired) electrons. The Morgan fingerprint density at radius 2 is 2.00 bits per heavy atom. The molecule has 0 aromatic heterocycles. The summed E-state index contributed by atoms with van der Waals surface area (Å²) in [5.74, 6) is 0. The fourth-order valence-corrected chi connectivity index (χ4v) is 1.07. The molecule has 0 amide bonds. The summed E-state index contributed by atoms with van der Waals surface area (Å²) in [6.45, 7) is 3.64. The van der Waals surface area contributed by atoms with E-state index in [9.17, 15) is 0 Å². The molecule has 0 aliphatic carbocycles. The minimum Gasteiger partial charge on any atom is -0.324 e. The Balaban J connectivity index is 2.53. The van der Waals surface area contributed by atoms with E-state index in [2.05, 4.69) is 18.7 Å². The average Bonchev–Trinajstić information content (AvgIpc) is 2.17. The van der Waals surface area contributed by atoms with Gasteiger partial charge in [0, 0.05) is 6.04 Å². The van der Waals surface area contributed by atoms with Crippen molar-refractivity contribution in [2.45, 2.75) is 12.5 Å². The zero-order chi connectivity index (χ0) is 9.52. The molecular weight excluding hydrogens is 158 g/mol. The summed E-state index contributed by atoms with van der Waals surface area (Å²) < 4.78 is 0. The van der Waals surface area contributed by atoms with Crippen molar-refractivity contribution in [3.8, 4) is 0 Å². The average molecular weight is 173 g/mol. The van der Waals surface area contributed by atoms with Gasteiger partial charge in [-0.1, -0.05) is 48.6 Å². The van der Waals surface area contributed by atoms with Crippen LogP contribution in [0, 0.1) is 0 Å². The third-order valence-corrected chi connectivity index (χ3v) is 1.77. The molecule has 1 heteroatoms. The van der Waals surface area contributed by atoms with Gasteiger partial charge in [0.25, 0.3) is 0 Å². The predicted octanol–water partition coefficient (Wildman–Crippen LogP) is 2.60. The van der Waals surface area contributed by atoms with Crippen LogP contribution in [0.2, 0.25) is 0 Å². The molecule has 0 saturated carbocycles. The van der Waals surface area contributed by atoms with Gasteiger partial charge in [-0.05, 0) is 12.0 Å². The number of hydrogen-bond acceptors (Lipinski definition) is 1. The van der Waals surface area contributed by atoms with Crippen molar-refractivity contribution < 1.29 is 0 Å². The summed E-state index contributed by atoms with van der Waals surface area (Å²) >= 11 is 0. The van der Waals surface area contributed by atoms with Crippen molar-refractivity contribution >= 4 is 6.08 Å². The molecule has 1 atom stereocenters. The Morgan fingerprint density at radius 3 is 2.62 bits per heavy atom. The Labute approximate surface area is 79.6 Å². The molecule has 13 heavy (non-hydrogen) atoms. The van der Waals surface area contributed by atoms with Crippen molar-refractivity contribution in [1.82, 2.24) is 0 Å². The van der Waals surface area contributed by atoms with Crippen LogP contribution in [0.1, 0.15) is 12.0 Å². The highest BCUT2D eigenvalue weighted by atomic mass is 14.6. The van der Waals surface area contributed by atoms with Crippen LogP contribution in [0.4, 0.5) is 0 Å². The lowest BCUT2D eigenvalue weighted by atomic mass is 10.1. The maximum atomic E-state index is 5.77. The van der Waals surface area contributed by atoms with Gasteiger partial charge in [0.1, 0.15) is 0 Å². The van der Waals surface area contributed by atoms with E-state index in [1.807, 2.05) is 36.4 Å². The number of rotatable bonds is 4. The maximum absolute atomic E-state index is 5.77. The van der Waals surface area contributed by atoms with Gasteiger partial charge in [0.2, 0.25) is 0 Å². The zero-order valence-corrected chi connectivity index (χ0v) is 7.69. The van der Waals surface area contributed by atoms with E-state index in [1.165, 1.54) is 5.56 Å². The van der Waals surface area contributed by atoms with E-state index in [1.54, 1.807) is 0 Å². The monoisotopic (exact) mass is 173 g/mol. The minimum absolute atomic E-state index is 0.0812. The molecule has 1 rings (SSSR count). The van der Waals surface area contributed by atoms with Gasteiger partial charge in [-0.25, -0.2) is 0 Å². The molecule has 0 bridgehead atoms. The second-order valence-electron chi connectivity index (χ2n) is 2.96. The molecule has 0 fully saturated rings. The molecule has 1 aromatic carbocycles. The van der Waals surface area contributed by atoms with Crippen LogP contribution in [0.15, 0.2) is 49.1 Å².